The minimum atomic E-state index is 1.11. The maximum absolute atomic E-state index is 2.38. The van der Waals surface area contributed by atoms with Crippen LogP contribution in [0.25, 0.3) is 49.7 Å². The van der Waals surface area contributed by atoms with E-state index in [1.54, 1.807) is 0 Å². The van der Waals surface area contributed by atoms with Crippen molar-refractivity contribution in [3.63, 3.8) is 0 Å². The highest BCUT2D eigenvalue weighted by Gasteiger charge is 2.16. The van der Waals surface area contributed by atoms with Crippen LogP contribution in [-0.2, 0) is 0 Å². The Balaban J connectivity index is 1.24. The van der Waals surface area contributed by atoms with Gasteiger partial charge in [-0.3, -0.25) is 0 Å². The summed E-state index contributed by atoms with van der Waals surface area (Å²) in [7, 11) is 0. The Morgan fingerprint density at radius 3 is 1.55 bits per heavy atom. The third kappa shape index (κ3) is 4.63. The van der Waals surface area contributed by atoms with Crippen LogP contribution in [0.3, 0.4) is 0 Å². The van der Waals surface area contributed by atoms with Crippen LogP contribution in [0.1, 0.15) is 0 Å². The molecule has 8 aromatic rings. The Morgan fingerprint density at radius 2 is 0.841 bits per heavy atom. The number of hydrogen-bond donors (Lipinski definition) is 0. The third-order valence-electron chi connectivity index (χ3n) is 8.37. The molecule has 1 aromatic heterocycles. The molecule has 0 saturated carbocycles. The lowest BCUT2D eigenvalue weighted by Crippen LogP contribution is -2.10. The Kier molecular flexibility index (Phi) is 6.51. The molecule has 0 spiro atoms. The lowest BCUT2D eigenvalue weighted by molar-refractivity contribution is 1.17. The molecule has 2 heteroatoms. The van der Waals surface area contributed by atoms with Crippen molar-refractivity contribution in [1.29, 1.82) is 0 Å². The van der Waals surface area contributed by atoms with Crippen LogP contribution in [0.15, 0.2) is 182 Å². The van der Waals surface area contributed by atoms with Crippen molar-refractivity contribution in [3.05, 3.63) is 182 Å². The average molecular weight is 563 g/mol. The summed E-state index contributed by atoms with van der Waals surface area (Å²) >= 11 is 0. The van der Waals surface area contributed by atoms with Crippen molar-refractivity contribution in [2.45, 2.75) is 0 Å². The number of nitrogens with zero attached hydrogens (tertiary/aromatic N) is 2. The van der Waals surface area contributed by atoms with E-state index in [-0.39, 0.29) is 0 Å². The zero-order chi connectivity index (χ0) is 29.3. The van der Waals surface area contributed by atoms with E-state index in [4.69, 9.17) is 0 Å². The van der Waals surface area contributed by atoms with E-state index in [1.807, 2.05) is 0 Å². The quantitative estimate of drug-likeness (QED) is 0.196. The summed E-state index contributed by atoms with van der Waals surface area (Å²) in [4.78, 5) is 2.33. The minimum absolute atomic E-state index is 1.11. The predicted octanol–water partition coefficient (Wildman–Crippen LogP) is 11.6. The Labute approximate surface area is 257 Å². The van der Waals surface area contributed by atoms with E-state index in [0.717, 1.165) is 22.7 Å². The first-order valence-corrected chi connectivity index (χ1v) is 15.0. The molecule has 208 valence electrons. The number of aromatic nitrogens is 1. The highest BCUT2D eigenvalue weighted by atomic mass is 15.1. The van der Waals surface area contributed by atoms with Crippen molar-refractivity contribution in [3.8, 4) is 27.9 Å². The lowest BCUT2D eigenvalue weighted by atomic mass is 10.0. The first-order chi connectivity index (χ1) is 21.8. The SMILES string of the molecule is c1ccc(-c2cccc(N(c3ccccc3)c3ccc(-n4c5ccccc5c5cc(-c6ccccc6)ccc54)cc3)c2)cc1. The topological polar surface area (TPSA) is 8.17 Å². The van der Waals surface area contributed by atoms with Crippen LogP contribution in [0.5, 0.6) is 0 Å². The van der Waals surface area contributed by atoms with Crippen molar-refractivity contribution in [1.82, 2.24) is 4.57 Å². The maximum Gasteiger partial charge on any atom is 0.0541 e. The van der Waals surface area contributed by atoms with Crippen LogP contribution in [0.2, 0.25) is 0 Å². The zero-order valence-electron chi connectivity index (χ0n) is 24.2. The largest absolute Gasteiger partial charge is 0.310 e. The second kappa shape index (κ2) is 11.1. The molecule has 7 aromatic carbocycles. The van der Waals surface area contributed by atoms with Crippen molar-refractivity contribution >= 4 is 38.9 Å². The number of para-hydroxylation sites is 2. The molecule has 0 aliphatic heterocycles. The number of fused-ring (bicyclic) bond motifs is 3. The summed E-state index contributed by atoms with van der Waals surface area (Å²) in [5.41, 5.74) is 11.8. The molecule has 2 nitrogen and oxygen atoms in total. The van der Waals surface area contributed by atoms with E-state index >= 15 is 0 Å². The molecule has 8 rings (SSSR count). The molecule has 44 heavy (non-hydrogen) atoms. The van der Waals surface area contributed by atoms with Gasteiger partial charge in [0.2, 0.25) is 0 Å². The van der Waals surface area contributed by atoms with E-state index < -0.39 is 0 Å². The first kappa shape index (κ1) is 25.8. The average Bonchev–Trinajstić information content (AvgIpc) is 3.44. The smallest absolute Gasteiger partial charge is 0.0541 e. The van der Waals surface area contributed by atoms with Gasteiger partial charge in [0, 0.05) is 33.5 Å². The van der Waals surface area contributed by atoms with Gasteiger partial charge in [0.05, 0.1) is 11.0 Å². The fourth-order valence-electron chi connectivity index (χ4n) is 6.29. The summed E-state index contributed by atoms with van der Waals surface area (Å²) in [6, 6.07) is 65.0. The highest BCUT2D eigenvalue weighted by molar-refractivity contribution is 6.10. The third-order valence-corrected chi connectivity index (χ3v) is 8.37. The van der Waals surface area contributed by atoms with Crippen LogP contribution >= 0.6 is 0 Å². The second-order valence-corrected chi connectivity index (χ2v) is 11.1. The van der Waals surface area contributed by atoms with E-state index in [1.165, 1.54) is 44.1 Å². The van der Waals surface area contributed by atoms with Crippen LogP contribution in [-0.4, -0.2) is 4.57 Å². The van der Waals surface area contributed by atoms with Gasteiger partial charge in [-0.05, 0) is 89.0 Å². The van der Waals surface area contributed by atoms with Crippen molar-refractivity contribution in [2.24, 2.45) is 0 Å². The molecular formula is C42H30N2. The van der Waals surface area contributed by atoms with Crippen molar-refractivity contribution in [2.75, 3.05) is 4.90 Å². The molecule has 0 fully saturated rings. The molecule has 0 amide bonds. The first-order valence-electron chi connectivity index (χ1n) is 15.0. The molecule has 0 bridgehead atoms. The van der Waals surface area contributed by atoms with Gasteiger partial charge in [0.1, 0.15) is 0 Å². The Morgan fingerprint density at radius 1 is 0.318 bits per heavy atom. The fraction of sp³-hybridized carbons (Fsp3) is 0. The molecule has 0 unspecified atom stereocenters. The van der Waals surface area contributed by atoms with Crippen LogP contribution < -0.4 is 4.90 Å². The second-order valence-electron chi connectivity index (χ2n) is 11.1. The van der Waals surface area contributed by atoms with Gasteiger partial charge < -0.3 is 9.47 Å². The van der Waals surface area contributed by atoms with E-state index in [2.05, 4.69) is 191 Å². The lowest BCUT2D eigenvalue weighted by Gasteiger charge is -2.26. The predicted molar refractivity (Wildman–Crippen MR) is 186 cm³/mol. The normalized spacial score (nSPS) is 11.2. The summed E-state index contributed by atoms with van der Waals surface area (Å²) in [6.45, 7) is 0. The summed E-state index contributed by atoms with van der Waals surface area (Å²) in [5, 5.41) is 2.52. The molecule has 0 atom stereocenters. The molecule has 1 heterocycles. The van der Waals surface area contributed by atoms with Gasteiger partial charge in [0.25, 0.3) is 0 Å². The highest BCUT2D eigenvalue weighted by Crippen LogP contribution is 2.39. The molecule has 0 aliphatic carbocycles. The minimum Gasteiger partial charge on any atom is -0.310 e. The molecular weight excluding hydrogens is 532 g/mol. The summed E-state index contributed by atoms with van der Waals surface area (Å²) in [6.07, 6.45) is 0. The van der Waals surface area contributed by atoms with Gasteiger partial charge in [-0.1, -0.05) is 115 Å². The zero-order valence-corrected chi connectivity index (χ0v) is 24.2. The van der Waals surface area contributed by atoms with Crippen LogP contribution in [0, 0.1) is 0 Å². The van der Waals surface area contributed by atoms with Crippen molar-refractivity contribution < 1.29 is 0 Å². The van der Waals surface area contributed by atoms with Gasteiger partial charge in [0.15, 0.2) is 0 Å². The number of rotatable bonds is 6. The standard InChI is InChI=1S/C42H30N2/c1-4-13-31(14-5-1)33-17-12-20-38(29-33)43(35-18-8-3-9-19-35)36-24-26-37(27-25-36)44-41-22-11-10-21-39(41)40-30-34(23-28-42(40)44)32-15-6-2-7-16-32/h1-30H. The number of hydrogen-bond acceptors (Lipinski definition) is 1. The van der Waals surface area contributed by atoms with E-state index in [0.29, 0.717) is 0 Å². The molecule has 0 saturated heterocycles. The molecule has 0 N–H and O–H groups in total. The van der Waals surface area contributed by atoms with Gasteiger partial charge >= 0.3 is 0 Å². The summed E-state index contributed by atoms with van der Waals surface area (Å²) < 4.78 is 2.38. The van der Waals surface area contributed by atoms with Crippen LogP contribution in [0.4, 0.5) is 17.1 Å². The number of anilines is 3. The summed E-state index contributed by atoms with van der Waals surface area (Å²) in [5.74, 6) is 0. The Bertz CT molecular complexity index is 2200. The van der Waals surface area contributed by atoms with Gasteiger partial charge in [-0.15, -0.1) is 0 Å². The van der Waals surface area contributed by atoms with Gasteiger partial charge in [-0.25, -0.2) is 0 Å². The Hall–Kier alpha value is -5.86. The molecule has 0 radical (unpaired) electrons. The maximum atomic E-state index is 2.38. The van der Waals surface area contributed by atoms with Gasteiger partial charge in [-0.2, -0.15) is 0 Å². The van der Waals surface area contributed by atoms with E-state index in [9.17, 15) is 0 Å². The fourth-order valence-corrected chi connectivity index (χ4v) is 6.29. The number of benzene rings is 7. The monoisotopic (exact) mass is 562 g/mol. The molecule has 0 aliphatic rings.